The molecule has 0 heterocycles. The van der Waals surface area contributed by atoms with Crippen LogP contribution in [0.3, 0.4) is 0 Å². The summed E-state index contributed by atoms with van der Waals surface area (Å²) in [5.74, 6) is -2.55. The van der Waals surface area contributed by atoms with Crippen LogP contribution in [-0.4, -0.2) is 16.2 Å². The lowest BCUT2D eigenvalue weighted by Crippen LogP contribution is -2.19. The zero-order valence-corrected chi connectivity index (χ0v) is 8.38. The molecule has 5 heteroatoms. The average Bonchev–Trinajstić information content (AvgIpc) is 2.91. The summed E-state index contributed by atoms with van der Waals surface area (Å²) in [4.78, 5) is 11.0. The van der Waals surface area contributed by atoms with Crippen LogP contribution in [0.5, 0.6) is 5.75 Å². The Morgan fingerprint density at radius 3 is 2.53 bits per heavy atom. The Morgan fingerprint density at radius 2 is 2.07 bits per heavy atom. The van der Waals surface area contributed by atoms with Gasteiger partial charge in [-0.3, -0.25) is 4.79 Å². The summed E-state index contributed by atoms with van der Waals surface area (Å²) in [5.41, 5.74) is -1.07. The molecule has 0 spiro atoms. The van der Waals surface area contributed by atoms with Gasteiger partial charge in [-0.1, -0.05) is 11.6 Å². The number of hydrogen-bond donors (Lipinski definition) is 2. The van der Waals surface area contributed by atoms with E-state index in [2.05, 4.69) is 0 Å². The highest BCUT2D eigenvalue weighted by molar-refractivity contribution is 6.30. The van der Waals surface area contributed by atoms with Gasteiger partial charge in [-0.2, -0.15) is 0 Å². The van der Waals surface area contributed by atoms with Crippen molar-refractivity contribution in [1.29, 1.82) is 0 Å². The second kappa shape index (κ2) is 3.10. The summed E-state index contributed by atoms with van der Waals surface area (Å²) in [6.07, 6.45) is 0.797. The number of carbonyl (C=O) groups is 1. The molecule has 0 aromatic heterocycles. The highest BCUT2D eigenvalue weighted by atomic mass is 35.5. The van der Waals surface area contributed by atoms with Gasteiger partial charge in [0.1, 0.15) is 0 Å². The van der Waals surface area contributed by atoms with Gasteiger partial charge in [0, 0.05) is 10.6 Å². The number of phenols is 1. The predicted molar refractivity (Wildman–Crippen MR) is 51.6 cm³/mol. The number of carboxylic acids is 1. The normalized spacial score (nSPS) is 17.5. The topological polar surface area (TPSA) is 57.5 Å². The molecule has 1 aromatic carbocycles. The smallest absolute Gasteiger partial charge is 0.314 e. The summed E-state index contributed by atoms with van der Waals surface area (Å²) < 4.78 is 13.1. The fourth-order valence-electron chi connectivity index (χ4n) is 1.65. The standard InChI is InChI=1S/C10H8ClFO3/c11-5-3-6(8(13)7(12)4-5)10(1-2-10)9(14)15/h3-4,13H,1-2H2,(H,14,15). The van der Waals surface area contributed by atoms with Crippen molar-refractivity contribution in [1.82, 2.24) is 0 Å². The van der Waals surface area contributed by atoms with Crippen molar-refractivity contribution in [2.75, 3.05) is 0 Å². The molecule has 1 aliphatic carbocycles. The van der Waals surface area contributed by atoms with E-state index in [1.807, 2.05) is 0 Å². The van der Waals surface area contributed by atoms with Gasteiger partial charge in [0.15, 0.2) is 11.6 Å². The second-order valence-corrected chi connectivity index (χ2v) is 4.11. The van der Waals surface area contributed by atoms with Crippen molar-refractivity contribution in [3.05, 3.63) is 28.5 Å². The molecule has 0 atom stereocenters. The minimum atomic E-state index is -1.14. The van der Waals surface area contributed by atoms with E-state index < -0.39 is 23.0 Å². The third-order valence-electron chi connectivity index (χ3n) is 2.70. The van der Waals surface area contributed by atoms with Crippen LogP contribution >= 0.6 is 11.6 Å². The monoisotopic (exact) mass is 230 g/mol. The zero-order chi connectivity index (χ0) is 11.2. The highest BCUT2D eigenvalue weighted by Gasteiger charge is 2.53. The minimum absolute atomic E-state index is 0.0694. The van der Waals surface area contributed by atoms with E-state index in [1.54, 1.807) is 0 Å². The van der Waals surface area contributed by atoms with Crippen molar-refractivity contribution in [2.24, 2.45) is 0 Å². The summed E-state index contributed by atoms with van der Waals surface area (Å²) >= 11 is 5.62. The molecule has 3 nitrogen and oxygen atoms in total. The van der Waals surface area contributed by atoms with Gasteiger partial charge in [0.25, 0.3) is 0 Å². The lowest BCUT2D eigenvalue weighted by molar-refractivity contribution is -0.140. The van der Waals surface area contributed by atoms with Gasteiger partial charge in [-0.15, -0.1) is 0 Å². The first-order valence-electron chi connectivity index (χ1n) is 4.39. The Labute approximate surface area is 90.1 Å². The molecule has 0 bridgehead atoms. The number of aliphatic carboxylic acids is 1. The highest BCUT2D eigenvalue weighted by Crippen LogP contribution is 2.52. The zero-order valence-electron chi connectivity index (χ0n) is 7.63. The van der Waals surface area contributed by atoms with Crippen molar-refractivity contribution in [3.8, 4) is 5.75 Å². The van der Waals surface area contributed by atoms with E-state index in [-0.39, 0.29) is 10.6 Å². The van der Waals surface area contributed by atoms with Gasteiger partial charge in [-0.25, -0.2) is 4.39 Å². The van der Waals surface area contributed by atoms with Crippen LogP contribution in [0.1, 0.15) is 18.4 Å². The van der Waals surface area contributed by atoms with Gasteiger partial charge in [-0.05, 0) is 25.0 Å². The van der Waals surface area contributed by atoms with Crippen molar-refractivity contribution < 1.29 is 19.4 Å². The summed E-state index contributed by atoms with van der Waals surface area (Å²) in [5, 5.41) is 18.5. The molecule has 1 fully saturated rings. The van der Waals surface area contributed by atoms with Gasteiger partial charge >= 0.3 is 5.97 Å². The maximum Gasteiger partial charge on any atom is 0.314 e. The fraction of sp³-hybridized carbons (Fsp3) is 0.300. The Hall–Kier alpha value is -1.29. The molecule has 1 aromatic rings. The van der Waals surface area contributed by atoms with Gasteiger partial charge in [0.05, 0.1) is 5.41 Å². The summed E-state index contributed by atoms with van der Waals surface area (Å²) in [6, 6.07) is 2.26. The number of carboxylic acid groups (broad SMARTS) is 1. The lowest BCUT2D eigenvalue weighted by atomic mass is 9.95. The van der Waals surface area contributed by atoms with E-state index in [9.17, 15) is 14.3 Å². The van der Waals surface area contributed by atoms with Crippen molar-refractivity contribution in [2.45, 2.75) is 18.3 Å². The Bertz CT molecular complexity index is 441. The average molecular weight is 231 g/mol. The minimum Gasteiger partial charge on any atom is -0.505 e. The molecular weight excluding hydrogens is 223 g/mol. The molecule has 2 N–H and O–H groups in total. The third kappa shape index (κ3) is 1.45. The number of phenolic OH excluding ortho intramolecular Hbond substituents is 1. The van der Waals surface area contributed by atoms with Gasteiger partial charge < -0.3 is 10.2 Å². The van der Waals surface area contributed by atoms with Gasteiger partial charge in [0.2, 0.25) is 0 Å². The maximum absolute atomic E-state index is 13.1. The Kier molecular flexibility index (Phi) is 2.12. The first kappa shape index (κ1) is 10.2. The molecule has 15 heavy (non-hydrogen) atoms. The van der Waals surface area contributed by atoms with E-state index in [0.29, 0.717) is 12.8 Å². The van der Waals surface area contributed by atoms with Crippen LogP contribution < -0.4 is 0 Å². The fourth-order valence-corrected chi connectivity index (χ4v) is 1.86. The van der Waals surface area contributed by atoms with Crippen LogP contribution in [0.15, 0.2) is 12.1 Å². The first-order valence-corrected chi connectivity index (χ1v) is 4.77. The molecule has 0 radical (unpaired) electrons. The summed E-state index contributed by atoms with van der Waals surface area (Å²) in [6.45, 7) is 0. The van der Waals surface area contributed by atoms with Crippen LogP contribution in [0.4, 0.5) is 4.39 Å². The van der Waals surface area contributed by atoms with E-state index in [4.69, 9.17) is 16.7 Å². The number of hydrogen-bond acceptors (Lipinski definition) is 2. The second-order valence-electron chi connectivity index (χ2n) is 3.67. The third-order valence-corrected chi connectivity index (χ3v) is 2.92. The number of aromatic hydroxyl groups is 1. The quantitative estimate of drug-likeness (QED) is 0.820. The Morgan fingerprint density at radius 1 is 1.47 bits per heavy atom. The molecule has 2 rings (SSSR count). The molecule has 0 aliphatic heterocycles. The molecule has 0 saturated heterocycles. The first-order chi connectivity index (χ1) is 6.97. The van der Waals surface area contributed by atoms with Crippen molar-refractivity contribution >= 4 is 17.6 Å². The summed E-state index contributed by atoms with van der Waals surface area (Å²) in [7, 11) is 0. The SMILES string of the molecule is O=C(O)C1(c2cc(Cl)cc(F)c2O)CC1. The number of benzene rings is 1. The largest absolute Gasteiger partial charge is 0.505 e. The van der Waals surface area contributed by atoms with Crippen LogP contribution in [0.25, 0.3) is 0 Å². The lowest BCUT2D eigenvalue weighted by Gasteiger charge is -2.12. The molecule has 1 saturated carbocycles. The molecule has 1 aliphatic rings. The Balaban J connectivity index is 2.58. The van der Waals surface area contributed by atoms with E-state index in [1.165, 1.54) is 6.07 Å². The van der Waals surface area contributed by atoms with E-state index >= 15 is 0 Å². The maximum atomic E-state index is 13.1. The molecular formula is C10H8ClFO3. The molecule has 80 valence electrons. The number of halogens is 2. The van der Waals surface area contributed by atoms with Crippen LogP contribution in [0, 0.1) is 5.82 Å². The van der Waals surface area contributed by atoms with E-state index in [0.717, 1.165) is 6.07 Å². The molecule has 0 amide bonds. The van der Waals surface area contributed by atoms with Crippen LogP contribution in [-0.2, 0) is 10.2 Å². The number of rotatable bonds is 2. The predicted octanol–water partition coefficient (Wildman–Crippen LogP) is 2.30. The molecule has 0 unspecified atom stereocenters. The van der Waals surface area contributed by atoms with Crippen molar-refractivity contribution in [3.63, 3.8) is 0 Å². The van der Waals surface area contributed by atoms with Crippen LogP contribution in [0.2, 0.25) is 5.02 Å².